The standard InChI is InChI=1S/C5H14N2S2/c1-4-9-5(8-3)7-6-2/h5-7H,4H2,1-3H3. The van der Waals surface area contributed by atoms with Gasteiger partial charge in [0.1, 0.15) is 4.71 Å². The van der Waals surface area contributed by atoms with Crippen LogP contribution in [0.15, 0.2) is 0 Å². The minimum absolute atomic E-state index is 0.486. The summed E-state index contributed by atoms with van der Waals surface area (Å²) in [4.78, 5) is 0. The molecule has 56 valence electrons. The molecule has 0 aliphatic rings. The number of hydrogen-bond donors (Lipinski definition) is 2. The Kier molecular flexibility index (Phi) is 7.20. The van der Waals surface area contributed by atoms with Gasteiger partial charge in [-0.1, -0.05) is 6.92 Å². The lowest BCUT2D eigenvalue weighted by Crippen LogP contribution is -2.33. The van der Waals surface area contributed by atoms with Gasteiger partial charge in [-0.05, 0) is 19.1 Å². The fraction of sp³-hybridized carbons (Fsp3) is 1.00. The summed E-state index contributed by atoms with van der Waals surface area (Å²) < 4.78 is 0.486. The van der Waals surface area contributed by atoms with E-state index in [2.05, 4.69) is 24.0 Å². The maximum atomic E-state index is 3.11. The predicted octanol–water partition coefficient (Wildman–Crippen LogP) is 1.11. The van der Waals surface area contributed by atoms with Gasteiger partial charge in [0, 0.05) is 0 Å². The SMILES string of the molecule is CCSC(NNC)SC. The van der Waals surface area contributed by atoms with Crippen LogP contribution in [0, 0.1) is 0 Å². The molecular formula is C5H14N2S2. The Morgan fingerprint density at radius 3 is 2.56 bits per heavy atom. The Labute approximate surface area is 65.5 Å². The Hall–Kier alpha value is 0.620. The molecule has 0 spiro atoms. The summed E-state index contributed by atoms with van der Waals surface area (Å²) in [7, 11) is 1.89. The van der Waals surface area contributed by atoms with Gasteiger partial charge in [-0.3, -0.25) is 5.43 Å². The van der Waals surface area contributed by atoms with Crippen molar-refractivity contribution < 1.29 is 0 Å². The lowest BCUT2D eigenvalue weighted by molar-refractivity contribution is 0.652. The van der Waals surface area contributed by atoms with E-state index in [4.69, 9.17) is 0 Å². The lowest BCUT2D eigenvalue weighted by Gasteiger charge is -2.12. The quantitative estimate of drug-likeness (QED) is 0.472. The van der Waals surface area contributed by atoms with Crippen LogP contribution in [0.1, 0.15) is 6.92 Å². The molecule has 4 heteroatoms. The number of rotatable bonds is 5. The van der Waals surface area contributed by atoms with Crippen LogP contribution >= 0.6 is 23.5 Å². The highest BCUT2D eigenvalue weighted by Crippen LogP contribution is 2.16. The van der Waals surface area contributed by atoms with E-state index in [-0.39, 0.29) is 0 Å². The summed E-state index contributed by atoms with van der Waals surface area (Å²) >= 11 is 3.70. The molecule has 0 rings (SSSR count). The molecule has 9 heavy (non-hydrogen) atoms. The van der Waals surface area contributed by atoms with E-state index in [1.807, 2.05) is 30.6 Å². The van der Waals surface area contributed by atoms with Crippen LogP contribution in [-0.2, 0) is 0 Å². The van der Waals surface area contributed by atoms with E-state index in [1.165, 1.54) is 0 Å². The molecule has 0 radical (unpaired) electrons. The van der Waals surface area contributed by atoms with Crippen LogP contribution < -0.4 is 10.9 Å². The van der Waals surface area contributed by atoms with Gasteiger partial charge in [-0.15, -0.1) is 23.5 Å². The summed E-state index contributed by atoms with van der Waals surface area (Å²) in [5.74, 6) is 1.15. The first-order valence-corrected chi connectivity index (χ1v) is 5.25. The van der Waals surface area contributed by atoms with Crippen molar-refractivity contribution in [2.24, 2.45) is 0 Å². The van der Waals surface area contributed by atoms with E-state index in [9.17, 15) is 0 Å². The monoisotopic (exact) mass is 166 g/mol. The predicted molar refractivity (Wildman–Crippen MR) is 47.6 cm³/mol. The smallest absolute Gasteiger partial charge is 0.112 e. The summed E-state index contributed by atoms with van der Waals surface area (Å²) in [5.41, 5.74) is 6.02. The van der Waals surface area contributed by atoms with Crippen molar-refractivity contribution in [3.8, 4) is 0 Å². The molecule has 2 N–H and O–H groups in total. The molecular weight excluding hydrogens is 152 g/mol. The topological polar surface area (TPSA) is 24.1 Å². The summed E-state index contributed by atoms with van der Waals surface area (Å²) in [5, 5.41) is 0. The van der Waals surface area contributed by atoms with Gasteiger partial charge < -0.3 is 0 Å². The second-order valence-electron chi connectivity index (χ2n) is 1.42. The van der Waals surface area contributed by atoms with E-state index in [0.717, 1.165) is 5.75 Å². The molecule has 0 aliphatic heterocycles. The van der Waals surface area contributed by atoms with Gasteiger partial charge in [-0.25, -0.2) is 5.43 Å². The first kappa shape index (κ1) is 9.62. The molecule has 0 saturated heterocycles. The minimum Gasteiger partial charge on any atom is -0.259 e. The van der Waals surface area contributed by atoms with Gasteiger partial charge in [0.25, 0.3) is 0 Å². The van der Waals surface area contributed by atoms with E-state index in [0.29, 0.717) is 4.71 Å². The van der Waals surface area contributed by atoms with Crippen LogP contribution in [0.5, 0.6) is 0 Å². The van der Waals surface area contributed by atoms with Crippen LogP contribution in [-0.4, -0.2) is 23.8 Å². The Morgan fingerprint density at radius 1 is 1.56 bits per heavy atom. The van der Waals surface area contributed by atoms with Crippen molar-refractivity contribution in [3.05, 3.63) is 0 Å². The zero-order valence-electron chi connectivity index (χ0n) is 6.10. The van der Waals surface area contributed by atoms with Gasteiger partial charge in [0.2, 0.25) is 0 Å². The molecule has 0 amide bonds. The lowest BCUT2D eigenvalue weighted by atomic mass is 11.0. The van der Waals surface area contributed by atoms with Gasteiger partial charge in [-0.2, -0.15) is 0 Å². The van der Waals surface area contributed by atoms with Crippen molar-refractivity contribution in [2.45, 2.75) is 11.6 Å². The van der Waals surface area contributed by atoms with Crippen molar-refractivity contribution >= 4 is 23.5 Å². The normalized spacial score (nSPS) is 13.7. The Balaban J connectivity index is 3.18. The molecule has 1 unspecified atom stereocenters. The van der Waals surface area contributed by atoms with Crippen LogP contribution in [0.3, 0.4) is 0 Å². The van der Waals surface area contributed by atoms with Gasteiger partial charge >= 0.3 is 0 Å². The van der Waals surface area contributed by atoms with Crippen molar-refractivity contribution in [1.29, 1.82) is 0 Å². The molecule has 0 aliphatic carbocycles. The maximum absolute atomic E-state index is 3.11. The number of hydrogen-bond acceptors (Lipinski definition) is 4. The summed E-state index contributed by atoms with van der Waals surface area (Å²) in [6.07, 6.45) is 2.09. The van der Waals surface area contributed by atoms with Gasteiger partial charge in [0.15, 0.2) is 0 Å². The first-order valence-electron chi connectivity index (χ1n) is 2.91. The van der Waals surface area contributed by atoms with Gasteiger partial charge in [0.05, 0.1) is 0 Å². The third kappa shape index (κ3) is 5.08. The molecule has 2 nitrogen and oxygen atoms in total. The highest BCUT2D eigenvalue weighted by Gasteiger charge is 2.00. The molecule has 0 saturated carbocycles. The molecule has 0 aromatic rings. The Bertz CT molecular complexity index is 54.9. The van der Waals surface area contributed by atoms with E-state index in [1.54, 1.807) is 0 Å². The molecule has 0 aromatic heterocycles. The highest BCUT2D eigenvalue weighted by molar-refractivity contribution is 8.16. The minimum atomic E-state index is 0.486. The summed E-state index contributed by atoms with van der Waals surface area (Å²) in [6, 6.07) is 0. The summed E-state index contributed by atoms with van der Waals surface area (Å²) in [6.45, 7) is 2.16. The van der Waals surface area contributed by atoms with E-state index < -0.39 is 0 Å². The molecule has 0 bridgehead atoms. The second-order valence-corrected chi connectivity index (χ2v) is 4.04. The number of nitrogens with one attached hydrogen (secondary N) is 2. The average molecular weight is 166 g/mol. The van der Waals surface area contributed by atoms with Crippen molar-refractivity contribution in [2.75, 3.05) is 19.1 Å². The number of hydrazine groups is 1. The third-order valence-corrected chi connectivity index (χ3v) is 3.08. The van der Waals surface area contributed by atoms with Crippen molar-refractivity contribution in [1.82, 2.24) is 10.9 Å². The highest BCUT2D eigenvalue weighted by atomic mass is 32.2. The Morgan fingerprint density at radius 2 is 2.22 bits per heavy atom. The molecule has 0 aromatic carbocycles. The average Bonchev–Trinajstić information content (AvgIpc) is 1.88. The van der Waals surface area contributed by atoms with E-state index >= 15 is 0 Å². The first-order chi connectivity index (χ1) is 4.35. The third-order valence-electron chi connectivity index (χ3n) is 0.794. The van der Waals surface area contributed by atoms with Crippen LogP contribution in [0.4, 0.5) is 0 Å². The fourth-order valence-corrected chi connectivity index (χ4v) is 2.13. The van der Waals surface area contributed by atoms with Crippen molar-refractivity contribution in [3.63, 3.8) is 0 Å². The maximum Gasteiger partial charge on any atom is 0.112 e. The molecule has 0 fully saturated rings. The zero-order valence-corrected chi connectivity index (χ0v) is 7.73. The zero-order chi connectivity index (χ0) is 7.11. The second kappa shape index (κ2) is 6.74. The van der Waals surface area contributed by atoms with Crippen LogP contribution in [0.2, 0.25) is 0 Å². The number of thioether (sulfide) groups is 2. The molecule has 1 atom stereocenters. The fourth-order valence-electron chi connectivity index (χ4n) is 0.438. The van der Waals surface area contributed by atoms with Crippen LogP contribution in [0.25, 0.3) is 0 Å². The largest absolute Gasteiger partial charge is 0.259 e. The molecule has 0 heterocycles.